The predicted molar refractivity (Wildman–Crippen MR) is 121 cm³/mol. The Labute approximate surface area is 186 Å². The summed E-state index contributed by atoms with van der Waals surface area (Å²) in [4.78, 5) is 16.9. The summed E-state index contributed by atoms with van der Waals surface area (Å²) < 4.78 is 10.3. The number of nitrogens with one attached hydrogen (secondary N) is 2. The zero-order valence-corrected chi connectivity index (χ0v) is 18.4. The van der Waals surface area contributed by atoms with E-state index in [9.17, 15) is 4.79 Å². The highest BCUT2D eigenvalue weighted by Crippen LogP contribution is 2.32. The first-order chi connectivity index (χ1) is 13.9. The van der Waals surface area contributed by atoms with Crippen LogP contribution in [0.25, 0.3) is 11.3 Å². The van der Waals surface area contributed by atoms with E-state index in [1.54, 1.807) is 36.4 Å². The van der Waals surface area contributed by atoms with Gasteiger partial charge < -0.3 is 14.8 Å². The Balaban J connectivity index is 1.69. The number of anilines is 1. The summed E-state index contributed by atoms with van der Waals surface area (Å²) in [5, 5.41) is 9.02. The van der Waals surface area contributed by atoms with Crippen LogP contribution >= 0.6 is 46.8 Å². The fraction of sp³-hybridized carbons (Fsp3) is 0.105. The molecule has 0 aliphatic rings. The van der Waals surface area contributed by atoms with E-state index in [0.29, 0.717) is 43.5 Å². The third-order valence-electron chi connectivity index (χ3n) is 3.77. The summed E-state index contributed by atoms with van der Waals surface area (Å²) in [6.07, 6.45) is 0. The van der Waals surface area contributed by atoms with Gasteiger partial charge in [-0.2, -0.15) is 0 Å². The molecule has 0 aliphatic carbocycles. The van der Waals surface area contributed by atoms with E-state index >= 15 is 0 Å². The van der Waals surface area contributed by atoms with Crippen LogP contribution in [0.15, 0.2) is 41.8 Å². The first kappa shape index (κ1) is 21.3. The van der Waals surface area contributed by atoms with E-state index in [1.807, 2.05) is 5.38 Å². The summed E-state index contributed by atoms with van der Waals surface area (Å²) in [6.45, 7) is 0. The van der Waals surface area contributed by atoms with E-state index in [2.05, 4.69) is 15.6 Å². The van der Waals surface area contributed by atoms with Crippen LogP contribution in [-0.4, -0.2) is 30.2 Å². The molecule has 0 aliphatic heterocycles. The molecule has 0 atom stereocenters. The van der Waals surface area contributed by atoms with Crippen LogP contribution < -0.4 is 20.1 Å². The third kappa shape index (κ3) is 5.36. The van der Waals surface area contributed by atoms with Crippen LogP contribution in [0.4, 0.5) is 5.13 Å². The topological polar surface area (TPSA) is 72.5 Å². The number of benzene rings is 2. The van der Waals surface area contributed by atoms with E-state index in [1.165, 1.54) is 25.6 Å². The first-order valence-electron chi connectivity index (χ1n) is 8.16. The second-order valence-corrected chi connectivity index (χ2v) is 7.78. The highest BCUT2D eigenvalue weighted by Gasteiger charge is 2.14. The van der Waals surface area contributed by atoms with Gasteiger partial charge in [0.05, 0.1) is 24.9 Å². The van der Waals surface area contributed by atoms with Crippen molar-refractivity contribution >= 4 is 62.9 Å². The molecule has 0 unspecified atom stereocenters. The number of thiazole rings is 1. The molecule has 3 rings (SSSR count). The van der Waals surface area contributed by atoms with Gasteiger partial charge in [0.2, 0.25) is 0 Å². The lowest BCUT2D eigenvalue weighted by Gasteiger charge is -2.10. The molecule has 1 amide bonds. The molecule has 1 heterocycles. The molecule has 29 heavy (non-hydrogen) atoms. The molecule has 0 radical (unpaired) electrons. The quantitative estimate of drug-likeness (QED) is 0.498. The lowest BCUT2D eigenvalue weighted by Crippen LogP contribution is -2.34. The van der Waals surface area contributed by atoms with Crippen molar-refractivity contribution in [1.82, 2.24) is 10.3 Å². The molecule has 150 valence electrons. The van der Waals surface area contributed by atoms with Crippen molar-refractivity contribution in [2.45, 2.75) is 0 Å². The van der Waals surface area contributed by atoms with Gasteiger partial charge in [-0.25, -0.2) is 4.98 Å². The van der Waals surface area contributed by atoms with Gasteiger partial charge in [-0.05, 0) is 42.5 Å². The van der Waals surface area contributed by atoms with E-state index in [0.717, 1.165) is 0 Å². The molecule has 1 aromatic heterocycles. The Morgan fingerprint density at radius 2 is 1.79 bits per heavy atom. The monoisotopic (exact) mass is 467 g/mol. The molecule has 0 saturated heterocycles. The molecular weight excluding hydrogens is 453 g/mol. The molecule has 0 spiro atoms. The number of hydrogen-bond donors (Lipinski definition) is 2. The number of nitrogens with zero attached hydrogens (tertiary/aromatic N) is 1. The Bertz CT molecular complexity index is 1050. The van der Waals surface area contributed by atoms with E-state index in [-0.39, 0.29) is 5.11 Å². The lowest BCUT2D eigenvalue weighted by molar-refractivity contribution is 0.0977. The van der Waals surface area contributed by atoms with Crippen molar-refractivity contribution in [3.05, 3.63) is 57.4 Å². The summed E-state index contributed by atoms with van der Waals surface area (Å²) in [5.74, 6) is 0.585. The minimum absolute atomic E-state index is 0.106. The number of methoxy groups -OCH3 is 2. The van der Waals surface area contributed by atoms with Crippen molar-refractivity contribution < 1.29 is 14.3 Å². The van der Waals surface area contributed by atoms with Gasteiger partial charge in [0.1, 0.15) is 11.5 Å². The Morgan fingerprint density at radius 3 is 2.45 bits per heavy atom. The normalized spacial score (nSPS) is 10.3. The minimum atomic E-state index is -0.408. The molecule has 0 fully saturated rings. The number of hydrogen-bond acceptors (Lipinski definition) is 6. The zero-order chi connectivity index (χ0) is 21.0. The number of ether oxygens (including phenoxy) is 2. The Hall–Kier alpha value is -2.39. The number of amides is 1. The highest BCUT2D eigenvalue weighted by molar-refractivity contribution is 7.80. The molecule has 10 heteroatoms. The minimum Gasteiger partial charge on any atom is -0.497 e. The molecule has 2 aromatic carbocycles. The largest absolute Gasteiger partial charge is 0.497 e. The number of halogens is 2. The maximum atomic E-state index is 12.5. The molecule has 3 aromatic rings. The van der Waals surface area contributed by atoms with Crippen LogP contribution in [0.3, 0.4) is 0 Å². The van der Waals surface area contributed by atoms with Crippen molar-refractivity contribution in [3.63, 3.8) is 0 Å². The number of aromatic nitrogens is 1. The van der Waals surface area contributed by atoms with Gasteiger partial charge in [-0.15, -0.1) is 11.3 Å². The second-order valence-electron chi connectivity index (χ2n) is 5.67. The summed E-state index contributed by atoms with van der Waals surface area (Å²) in [7, 11) is 3.02. The number of carbonyl (C=O) groups excluding carboxylic acids is 1. The Kier molecular flexibility index (Phi) is 6.92. The SMILES string of the molecule is COc1cc(OC)cc(C(=O)NC(=S)Nc2nc(-c3cc(Cl)ccc3Cl)cs2)c1. The average molecular weight is 468 g/mol. The van der Waals surface area contributed by atoms with Crippen LogP contribution in [-0.2, 0) is 0 Å². The van der Waals surface area contributed by atoms with Crippen LogP contribution in [0.5, 0.6) is 11.5 Å². The summed E-state index contributed by atoms with van der Waals surface area (Å²) in [6, 6.07) is 9.99. The van der Waals surface area contributed by atoms with Crippen LogP contribution in [0.1, 0.15) is 10.4 Å². The molecule has 6 nitrogen and oxygen atoms in total. The maximum absolute atomic E-state index is 12.5. The van der Waals surface area contributed by atoms with Gasteiger partial charge in [-0.1, -0.05) is 23.2 Å². The number of carbonyl (C=O) groups is 1. The van der Waals surface area contributed by atoms with E-state index < -0.39 is 5.91 Å². The van der Waals surface area contributed by atoms with Gasteiger partial charge in [0.15, 0.2) is 10.2 Å². The molecular formula is C19H15Cl2N3O3S2. The van der Waals surface area contributed by atoms with Crippen molar-refractivity contribution in [3.8, 4) is 22.8 Å². The Morgan fingerprint density at radius 1 is 1.10 bits per heavy atom. The fourth-order valence-electron chi connectivity index (χ4n) is 2.39. The van der Waals surface area contributed by atoms with Crippen molar-refractivity contribution in [2.24, 2.45) is 0 Å². The van der Waals surface area contributed by atoms with Crippen molar-refractivity contribution in [1.29, 1.82) is 0 Å². The summed E-state index contributed by atoms with van der Waals surface area (Å²) in [5.41, 5.74) is 1.70. The molecule has 0 saturated carbocycles. The lowest BCUT2D eigenvalue weighted by atomic mass is 10.2. The molecule has 0 bridgehead atoms. The standard InChI is InChI=1S/C19H15Cl2N3O3S2/c1-26-12-5-10(6-13(8-12)27-2)17(25)23-18(28)24-19-22-16(9-29-19)14-7-11(20)3-4-15(14)21/h3-9H,1-2H3,(H2,22,23,24,25,28). The number of rotatable bonds is 5. The van der Waals surface area contributed by atoms with Crippen LogP contribution in [0, 0.1) is 0 Å². The first-order valence-corrected chi connectivity index (χ1v) is 10.2. The van der Waals surface area contributed by atoms with Gasteiger partial charge in [0.25, 0.3) is 5.91 Å². The second kappa shape index (κ2) is 9.41. The number of thiocarbonyl (C=S) groups is 1. The highest BCUT2D eigenvalue weighted by atomic mass is 35.5. The van der Waals surface area contributed by atoms with Gasteiger partial charge in [-0.3, -0.25) is 10.1 Å². The predicted octanol–water partition coefficient (Wildman–Crippen LogP) is 5.26. The van der Waals surface area contributed by atoms with Crippen LogP contribution in [0.2, 0.25) is 10.0 Å². The summed E-state index contributed by atoms with van der Waals surface area (Å²) >= 11 is 18.8. The fourth-order valence-corrected chi connectivity index (χ4v) is 3.75. The average Bonchev–Trinajstić information content (AvgIpc) is 3.17. The zero-order valence-electron chi connectivity index (χ0n) is 15.3. The smallest absolute Gasteiger partial charge is 0.257 e. The molecule has 2 N–H and O–H groups in total. The van der Waals surface area contributed by atoms with Crippen molar-refractivity contribution in [2.75, 3.05) is 19.5 Å². The van der Waals surface area contributed by atoms with Gasteiger partial charge in [0, 0.05) is 27.6 Å². The maximum Gasteiger partial charge on any atom is 0.257 e. The third-order valence-corrected chi connectivity index (χ3v) is 5.30. The van der Waals surface area contributed by atoms with E-state index in [4.69, 9.17) is 44.9 Å². The van der Waals surface area contributed by atoms with Gasteiger partial charge >= 0.3 is 0 Å².